The van der Waals surface area contributed by atoms with E-state index in [4.69, 9.17) is 0 Å². The number of carbonyl (C=O) groups is 1. The van der Waals surface area contributed by atoms with E-state index in [2.05, 4.69) is 10.0 Å². The third-order valence-corrected chi connectivity index (χ3v) is 4.68. The number of nitro benzene ring substituents is 1. The number of rotatable bonds is 8. The maximum Gasteiger partial charge on any atom is 0.274 e. The second kappa shape index (κ2) is 9.06. The van der Waals surface area contributed by atoms with E-state index in [0.717, 1.165) is 11.0 Å². The Morgan fingerprint density at radius 1 is 1.19 bits per heavy atom. The number of amides is 1. The summed E-state index contributed by atoms with van der Waals surface area (Å²) in [5.74, 6) is -0.456. The Balaban J connectivity index is 1.86. The number of carbonyl (C=O) groups excluding carboxylic acids is 1. The predicted octanol–water partition coefficient (Wildman–Crippen LogP) is 2.82. The van der Waals surface area contributed by atoms with Crippen molar-refractivity contribution in [2.75, 3.05) is 11.9 Å². The summed E-state index contributed by atoms with van der Waals surface area (Å²) in [5, 5.41) is 14.5. The van der Waals surface area contributed by atoms with E-state index < -0.39 is 20.9 Å². The number of anilines is 1. The van der Waals surface area contributed by atoms with E-state index in [1.807, 2.05) is 6.07 Å². The van der Waals surface area contributed by atoms with Crippen molar-refractivity contribution >= 4 is 33.4 Å². The normalized spacial score (nSPS) is 11.4. The van der Waals surface area contributed by atoms with Crippen LogP contribution >= 0.6 is 0 Å². The number of hydrogen-bond acceptors (Lipinski definition) is 5. The van der Waals surface area contributed by atoms with Gasteiger partial charge in [0.15, 0.2) is 0 Å². The molecule has 0 aromatic heterocycles. The van der Waals surface area contributed by atoms with Gasteiger partial charge in [-0.2, -0.15) is 0 Å². The van der Waals surface area contributed by atoms with Gasteiger partial charge in [0.1, 0.15) is 0 Å². The Morgan fingerprint density at radius 2 is 1.89 bits per heavy atom. The lowest BCUT2D eigenvalue weighted by atomic mass is 10.2. The molecule has 0 aliphatic carbocycles. The van der Waals surface area contributed by atoms with Crippen LogP contribution in [0.2, 0.25) is 0 Å². The van der Waals surface area contributed by atoms with E-state index in [1.54, 1.807) is 37.3 Å². The Bertz CT molecular complexity index is 956. The molecule has 2 rings (SSSR count). The zero-order valence-electron chi connectivity index (χ0n) is 14.6. The molecule has 0 saturated heterocycles. The van der Waals surface area contributed by atoms with Gasteiger partial charge in [-0.1, -0.05) is 36.4 Å². The zero-order chi connectivity index (χ0) is 19.9. The second-order valence-corrected chi connectivity index (χ2v) is 7.36. The molecule has 2 aromatic carbocycles. The summed E-state index contributed by atoms with van der Waals surface area (Å²) in [6.45, 7) is 1.50. The number of hydrogen-bond donors (Lipinski definition) is 2. The fraction of sp³-hybridized carbons (Fsp3) is 0.167. The summed E-state index contributed by atoms with van der Waals surface area (Å²) in [5.41, 5.74) is 1.40. The predicted molar refractivity (Wildman–Crippen MR) is 103 cm³/mol. The van der Waals surface area contributed by atoms with Crippen molar-refractivity contribution in [3.63, 3.8) is 0 Å². The largest absolute Gasteiger partial charge is 0.326 e. The first-order chi connectivity index (χ1) is 12.8. The molecule has 1 amide bonds. The number of aryl methyl sites for hydroxylation is 1. The monoisotopic (exact) mass is 389 g/mol. The number of nitrogens with zero attached hydrogens (tertiary/aromatic N) is 1. The fourth-order valence-corrected chi connectivity index (χ4v) is 3.01. The van der Waals surface area contributed by atoms with Crippen LogP contribution in [0.1, 0.15) is 17.5 Å². The molecule has 0 heterocycles. The fourth-order valence-electron chi connectivity index (χ4n) is 2.19. The van der Waals surface area contributed by atoms with Crippen LogP contribution in [0.25, 0.3) is 6.08 Å². The van der Waals surface area contributed by atoms with Gasteiger partial charge in [-0.3, -0.25) is 14.9 Å². The summed E-state index contributed by atoms with van der Waals surface area (Å²) < 4.78 is 26.1. The molecule has 0 unspecified atom stereocenters. The molecule has 0 aliphatic heterocycles. The van der Waals surface area contributed by atoms with Gasteiger partial charge in [-0.15, -0.1) is 0 Å². The Labute approximate surface area is 157 Å². The van der Waals surface area contributed by atoms with E-state index in [9.17, 15) is 23.3 Å². The van der Waals surface area contributed by atoms with Crippen molar-refractivity contribution in [1.82, 2.24) is 4.72 Å². The molecule has 2 N–H and O–H groups in total. The third-order valence-electron chi connectivity index (χ3n) is 3.58. The molecule has 2 aromatic rings. The lowest BCUT2D eigenvalue weighted by Crippen LogP contribution is -2.26. The summed E-state index contributed by atoms with van der Waals surface area (Å²) in [4.78, 5) is 22.3. The number of nitrogens with one attached hydrogen (secondary N) is 2. The molecule has 142 valence electrons. The van der Waals surface area contributed by atoms with Crippen LogP contribution in [0.4, 0.5) is 11.4 Å². The zero-order valence-corrected chi connectivity index (χ0v) is 15.4. The third kappa shape index (κ3) is 6.65. The van der Waals surface area contributed by atoms with E-state index in [-0.39, 0.29) is 24.3 Å². The standard InChI is InChI=1S/C18H19N3O5S/c1-14-7-8-16(13-17(14)21(23)24)20-18(22)9-11-19-27(25,26)12-10-15-5-3-2-4-6-15/h2-8,10,12-13,19H,9,11H2,1H3,(H,20,22)/b12-10+. The highest BCUT2D eigenvalue weighted by Crippen LogP contribution is 2.22. The Hall–Kier alpha value is -3.04. The quantitative estimate of drug-likeness (QED) is 0.532. The lowest BCUT2D eigenvalue weighted by molar-refractivity contribution is -0.385. The van der Waals surface area contributed by atoms with Gasteiger partial charge in [-0.25, -0.2) is 13.1 Å². The first kappa shape index (κ1) is 20.3. The maximum absolute atomic E-state index is 11.9. The Morgan fingerprint density at radius 3 is 2.56 bits per heavy atom. The molecule has 9 heteroatoms. The van der Waals surface area contributed by atoms with Crippen LogP contribution in [0, 0.1) is 17.0 Å². The van der Waals surface area contributed by atoms with E-state index in [0.29, 0.717) is 5.56 Å². The summed E-state index contributed by atoms with van der Waals surface area (Å²) >= 11 is 0. The molecule has 0 saturated carbocycles. The molecule has 0 bridgehead atoms. The van der Waals surface area contributed by atoms with Crippen molar-refractivity contribution in [3.05, 3.63) is 75.2 Å². The molecule has 0 aliphatic rings. The minimum absolute atomic E-state index is 0.0960. The van der Waals surface area contributed by atoms with Gasteiger partial charge in [0.05, 0.1) is 4.92 Å². The average molecular weight is 389 g/mol. The van der Waals surface area contributed by atoms with Crippen molar-refractivity contribution in [2.45, 2.75) is 13.3 Å². The van der Waals surface area contributed by atoms with Crippen molar-refractivity contribution in [1.29, 1.82) is 0 Å². The lowest BCUT2D eigenvalue weighted by Gasteiger charge is -2.07. The van der Waals surface area contributed by atoms with Crippen LogP contribution in [0.3, 0.4) is 0 Å². The second-order valence-electron chi connectivity index (χ2n) is 5.71. The van der Waals surface area contributed by atoms with Crippen LogP contribution < -0.4 is 10.0 Å². The van der Waals surface area contributed by atoms with Gasteiger partial charge in [-0.05, 0) is 24.6 Å². The van der Waals surface area contributed by atoms with Crippen LogP contribution in [0.5, 0.6) is 0 Å². The highest BCUT2D eigenvalue weighted by molar-refractivity contribution is 7.92. The molecule has 27 heavy (non-hydrogen) atoms. The van der Waals surface area contributed by atoms with Crippen molar-refractivity contribution < 1.29 is 18.1 Å². The minimum atomic E-state index is -3.67. The van der Waals surface area contributed by atoms with Crippen LogP contribution in [-0.2, 0) is 14.8 Å². The van der Waals surface area contributed by atoms with Gasteiger partial charge in [0, 0.05) is 35.7 Å². The van der Waals surface area contributed by atoms with Crippen molar-refractivity contribution in [2.24, 2.45) is 0 Å². The smallest absolute Gasteiger partial charge is 0.274 e. The number of sulfonamides is 1. The average Bonchev–Trinajstić information content (AvgIpc) is 2.62. The van der Waals surface area contributed by atoms with Gasteiger partial charge < -0.3 is 5.32 Å². The van der Waals surface area contributed by atoms with Gasteiger partial charge in [0.2, 0.25) is 15.9 Å². The molecular formula is C18H19N3O5S. The van der Waals surface area contributed by atoms with Crippen LogP contribution in [-0.4, -0.2) is 25.8 Å². The number of benzene rings is 2. The molecular weight excluding hydrogens is 370 g/mol. The number of nitro groups is 1. The topological polar surface area (TPSA) is 118 Å². The summed E-state index contributed by atoms with van der Waals surface area (Å²) in [7, 11) is -3.67. The van der Waals surface area contributed by atoms with Gasteiger partial charge >= 0.3 is 0 Å². The highest BCUT2D eigenvalue weighted by Gasteiger charge is 2.13. The van der Waals surface area contributed by atoms with E-state index >= 15 is 0 Å². The molecule has 0 radical (unpaired) electrons. The molecule has 8 nitrogen and oxygen atoms in total. The first-order valence-electron chi connectivity index (χ1n) is 8.04. The van der Waals surface area contributed by atoms with Crippen LogP contribution in [0.15, 0.2) is 53.9 Å². The van der Waals surface area contributed by atoms with E-state index in [1.165, 1.54) is 18.2 Å². The molecule has 0 spiro atoms. The van der Waals surface area contributed by atoms with Gasteiger partial charge in [0.25, 0.3) is 5.69 Å². The minimum Gasteiger partial charge on any atom is -0.326 e. The first-order valence-corrected chi connectivity index (χ1v) is 9.59. The maximum atomic E-state index is 11.9. The summed E-state index contributed by atoms with van der Waals surface area (Å²) in [6, 6.07) is 13.3. The Kier molecular flexibility index (Phi) is 6.80. The van der Waals surface area contributed by atoms with Crippen molar-refractivity contribution in [3.8, 4) is 0 Å². The molecule has 0 fully saturated rings. The SMILES string of the molecule is Cc1ccc(NC(=O)CCNS(=O)(=O)/C=C/c2ccccc2)cc1[N+](=O)[O-]. The highest BCUT2D eigenvalue weighted by atomic mass is 32.2. The molecule has 0 atom stereocenters. The summed E-state index contributed by atoms with van der Waals surface area (Å²) in [6.07, 6.45) is 1.34.